The molecule has 1 aliphatic heterocycles. The summed E-state index contributed by atoms with van der Waals surface area (Å²) >= 11 is 0. The van der Waals surface area contributed by atoms with Gasteiger partial charge in [0.1, 0.15) is 0 Å². The van der Waals surface area contributed by atoms with Gasteiger partial charge in [-0.1, -0.05) is 36.4 Å². The SMILES string of the molecule is N#CCC1c2ccccc2S(=O)(=O)c2ccccc21. The molecule has 4 heteroatoms. The molecule has 94 valence electrons. The van der Waals surface area contributed by atoms with Crippen molar-refractivity contribution in [3.63, 3.8) is 0 Å². The van der Waals surface area contributed by atoms with E-state index in [4.69, 9.17) is 5.26 Å². The van der Waals surface area contributed by atoms with Gasteiger partial charge in [0.05, 0.1) is 15.9 Å². The lowest BCUT2D eigenvalue weighted by Gasteiger charge is -2.26. The predicted molar refractivity (Wildman–Crippen MR) is 70.4 cm³/mol. The fourth-order valence-corrected chi connectivity index (χ4v) is 4.42. The number of hydrogen-bond acceptors (Lipinski definition) is 3. The van der Waals surface area contributed by atoms with E-state index in [1.165, 1.54) is 0 Å². The van der Waals surface area contributed by atoms with Crippen molar-refractivity contribution in [2.45, 2.75) is 22.1 Å². The molecule has 0 bridgehead atoms. The van der Waals surface area contributed by atoms with Gasteiger partial charge in [-0.2, -0.15) is 5.26 Å². The van der Waals surface area contributed by atoms with E-state index in [1.807, 2.05) is 12.1 Å². The standard InChI is InChI=1S/C15H11NO2S/c16-10-9-11-12-5-1-3-7-14(12)19(17,18)15-8-4-2-6-13(11)15/h1-8,11H,9H2. The van der Waals surface area contributed by atoms with Crippen LogP contribution in [0.25, 0.3) is 0 Å². The molecule has 19 heavy (non-hydrogen) atoms. The van der Waals surface area contributed by atoms with Crippen LogP contribution >= 0.6 is 0 Å². The molecule has 2 aromatic rings. The molecule has 0 spiro atoms. The summed E-state index contributed by atoms with van der Waals surface area (Å²) < 4.78 is 25.1. The lowest BCUT2D eigenvalue weighted by molar-refractivity contribution is 0.586. The first-order chi connectivity index (χ1) is 9.16. The minimum absolute atomic E-state index is 0.166. The highest BCUT2D eigenvalue weighted by atomic mass is 32.2. The van der Waals surface area contributed by atoms with Gasteiger partial charge in [0.25, 0.3) is 0 Å². The summed E-state index contributed by atoms with van der Waals surface area (Å²) in [5, 5.41) is 9.00. The van der Waals surface area contributed by atoms with Crippen molar-refractivity contribution in [3.8, 4) is 6.07 Å². The maximum absolute atomic E-state index is 12.6. The third kappa shape index (κ3) is 1.66. The predicted octanol–water partition coefficient (Wildman–Crippen LogP) is 2.88. The summed E-state index contributed by atoms with van der Waals surface area (Å²) in [5.74, 6) is -0.166. The average molecular weight is 269 g/mol. The average Bonchev–Trinajstić information content (AvgIpc) is 2.44. The fourth-order valence-electron chi connectivity index (χ4n) is 2.62. The summed E-state index contributed by atoms with van der Waals surface area (Å²) in [6.07, 6.45) is 0.281. The van der Waals surface area contributed by atoms with Crippen LogP contribution in [0, 0.1) is 11.3 Å². The van der Waals surface area contributed by atoms with Gasteiger partial charge in [-0.15, -0.1) is 0 Å². The van der Waals surface area contributed by atoms with Crippen molar-refractivity contribution in [2.75, 3.05) is 0 Å². The van der Waals surface area contributed by atoms with Gasteiger partial charge in [0, 0.05) is 12.3 Å². The maximum atomic E-state index is 12.6. The Balaban J connectivity index is 2.38. The van der Waals surface area contributed by atoms with Crippen LogP contribution in [-0.4, -0.2) is 8.42 Å². The van der Waals surface area contributed by atoms with E-state index in [2.05, 4.69) is 6.07 Å². The van der Waals surface area contributed by atoms with E-state index < -0.39 is 9.84 Å². The number of nitrogens with zero attached hydrogens (tertiary/aromatic N) is 1. The number of rotatable bonds is 1. The van der Waals surface area contributed by atoms with Crippen LogP contribution in [0.15, 0.2) is 58.3 Å². The quantitative estimate of drug-likeness (QED) is 0.799. The molecule has 1 heterocycles. The van der Waals surface area contributed by atoms with Crippen molar-refractivity contribution in [3.05, 3.63) is 59.7 Å². The molecular weight excluding hydrogens is 258 g/mol. The molecule has 0 fully saturated rings. The van der Waals surface area contributed by atoms with E-state index in [-0.39, 0.29) is 12.3 Å². The molecule has 0 amide bonds. The smallest absolute Gasteiger partial charge is 0.207 e. The van der Waals surface area contributed by atoms with Crippen LogP contribution < -0.4 is 0 Å². The number of sulfone groups is 1. The lowest BCUT2D eigenvalue weighted by atomic mass is 9.88. The third-order valence-electron chi connectivity index (χ3n) is 3.46. The van der Waals surface area contributed by atoms with Gasteiger partial charge >= 0.3 is 0 Å². The molecular formula is C15H11NO2S. The van der Waals surface area contributed by atoms with Crippen molar-refractivity contribution >= 4 is 9.84 Å². The fraction of sp³-hybridized carbons (Fsp3) is 0.133. The maximum Gasteiger partial charge on any atom is 0.207 e. The van der Waals surface area contributed by atoms with E-state index in [0.29, 0.717) is 9.79 Å². The summed E-state index contributed by atoms with van der Waals surface area (Å²) in [6, 6.07) is 16.0. The van der Waals surface area contributed by atoms with Crippen LogP contribution in [0.4, 0.5) is 0 Å². The molecule has 3 nitrogen and oxygen atoms in total. The molecule has 2 aromatic carbocycles. The molecule has 0 saturated carbocycles. The van der Waals surface area contributed by atoms with Gasteiger partial charge in [0.15, 0.2) is 0 Å². The molecule has 0 radical (unpaired) electrons. The molecule has 3 rings (SSSR count). The second-order valence-corrected chi connectivity index (χ2v) is 6.38. The topological polar surface area (TPSA) is 57.9 Å². The Kier molecular flexibility index (Phi) is 2.65. The normalized spacial score (nSPS) is 16.2. The van der Waals surface area contributed by atoms with E-state index in [9.17, 15) is 8.42 Å². The van der Waals surface area contributed by atoms with Crippen LogP contribution in [0.2, 0.25) is 0 Å². The van der Waals surface area contributed by atoms with Gasteiger partial charge in [-0.05, 0) is 23.3 Å². The zero-order valence-corrected chi connectivity index (χ0v) is 10.9. The van der Waals surface area contributed by atoms with Crippen molar-refractivity contribution < 1.29 is 8.42 Å². The van der Waals surface area contributed by atoms with Crippen molar-refractivity contribution in [1.82, 2.24) is 0 Å². The van der Waals surface area contributed by atoms with E-state index >= 15 is 0 Å². The van der Waals surface area contributed by atoms with Crippen molar-refractivity contribution in [1.29, 1.82) is 5.26 Å². The zero-order chi connectivity index (χ0) is 13.5. The third-order valence-corrected chi connectivity index (χ3v) is 5.36. The second-order valence-electron chi connectivity index (χ2n) is 4.49. The largest absolute Gasteiger partial charge is 0.218 e. The molecule has 0 saturated heterocycles. The van der Waals surface area contributed by atoms with Gasteiger partial charge in [-0.3, -0.25) is 0 Å². The highest BCUT2D eigenvalue weighted by Crippen LogP contribution is 2.42. The van der Waals surface area contributed by atoms with Crippen molar-refractivity contribution in [2.24, 2.45) is 0 Å². The number of benzene rings is 2. The zero-order valence-electron chi connectivity index (χ0n) is 10.1. The Morgan fingerprint density at radius 3 is 1.89 bits per heavy atom. The summed E-state index contributed by atoms with van der Waals surface area (Å²) in [7, 11) is -3.46. The first-order valence-electron chi connectivity index (χ1n) is 5.96. The monoisotopic (exact) mass is 269 g/mol. The van der Waals surface area contributed by atoms with Crippen LogP contribution in [0.5, 0.6) is 0 Å². The first kappa shape index (κ1) is 11.9. The van der Waals surface area contributed by atoms with Crippen LogP contribution in [0.3, 0.4) is 0 Å². The molecule has 1 aliphatic rings. The van der Waals surface area contributed by atoms with Crippen LogP contribution in [0.1, 0.15) is 23.5 Å². The van der Waals surface area contributed by atoms with Gasteiger partial charge < -0.3 is 0 Å². The van der Waals surface area contributed by atoms with Gasteiger partial charge in [0.2, 0.25) is 9.84 Å². The Labute approximate surface area is 112 Å². The minimum Gasteiger partial charge on any atom is -0.218 e. The highest BCUT2D eigenvalue weighted by molar-refractivity contribution is 7.91. The Morgan fingerprint density at radius 1 is 0.947 bits per heavy atom. The molecule has 0 atom stereocenters. The van der Waals surface area contributed by atoms with E-state index in [0.717, 1.165) is 11.1 Å². The number of nitriles is 1. The molecule has 0 N–H and O–H groups in total. The number of fused-ring (bicyclic) bond motifs is 2. The Morgan fingerprint density at radius 2 is 1.42 bits per heavy atom. The van der Waals surface area contributed by atoms with Crippen LogP contribution in [-0.2, 0) is 9.84 Å². The Bertz CT molecular complexity index is 734. The second kappa shape index (κ2) is 4.22. The van der Waals surface area contributed by atoms with E-state index in [1.54, 1.807) is 36.4 Å². The Hall–Kier alpha value is -2.12. The number of hydrogen-bond donors (Lipinski definition) is 0. The summed E-state index contributed by atoms with van der Waals surface area (Å²) in [4.78, 5) is 0.655. The summed E-state index contributed by atoms with van der Waals surface area (Å²) in [6.45, 7) is 0. The summed E-state index contributed by atoms with van der Waals surface area (Å²) in [5.41, 5.74) is 1.45. The first-order valence-corrected chi connectivity index (χ1v) is 7.44. The van der Waals surface area contributed by atoms with Gasteiger partial charge in [-0.25, -0.2) is 8.42 Å². The molecule has 0 aliphatic carbocycles. The molecule has 0 aromatic heterocycles. The molecule has 0 unspecified atom stereocenters. The minimum atomic E-state index is -3.46. The lowest BCUT2D eigenvalue weighted by Crippen LogP contribution is -2.18. The highest BCUT2D eigenvalue weighted by Gasteiger charge is 2.34.